The molecule has 2 rings (SSSR count). The Hall–Kier alpha value is -2.64. The van der Waals surface area contributed by atoms with Crippen molar-refractivity contribution < 1.29 is 22.7 Å². The molecule has 0 saturated carbocycles. The number of nitrogen functional groups attached to an aromatic ring is 1. The molecule has 1 aromatic heterocycles. The molecule has 1 aromatic carbocycles. The number of ether oxygens (including phenoxy) is 1. The van der Waals surface area contributed by atoms with Crippen LogP contribution in [0.25, 0.3) is 0 Å². The van der Waals surface area contributed by atoms with Gasteiger partial charge in [0.2, 0.25) is 0 Å². The van der Waals surface area contributed by atoms with E-state index >= 15 is 0 Å². The maximum absolute atomic E-state index is 12.1. The smallest absolute Gasteiger partial charge is 0.406 e. The van der Waals surface area contributed by atoms with Crippen LogP contribution in [0.1, 0.15) is 10.5 Å². The van der Waals surface area contributed by atoms with Crippen molar-refractivity contribution in [3.8, 4) is 5.75 Å². The molecular formula is C13H12F3N3O2. The molecule has 0 saturated heterocycles. The third kappa shape index (κ3) is 3.91. The summed E-state index contributed by atoms with van der Waals surface area (Å²) in [5.74, 6) is -0.898. The molecule has 0 unspecified atom stereocenters. The van der Waals surface area contributed by atoms with Gasteiger partial charge in [-0.05, 0) is 18.2 Å². The van der Waals surface area contributed by atoms with Crippen LogP contribution in [0, 0.1) is 0 Å². The van der Waals surface area contributed by atoms with Gasteiger partial charge in [0, 0.05) is 25.0 Å². The van der Waals surface area contributed by atoms with Crippen molar-refractivity contribution in [2.45, 2.75) is 6.36 Å². The molecule has 112 valence electrons. The average Bonchev–Trinajstić information content (AvgIpc) is 2.66. The first-order valence-electron chi connectivity index (χ1n) is 5.83. The lowest BCUT2D eigenvalue weighted by Gasteiger charge is -2.11. The molecule has 1 heterocycles. The van der Waals surface area contributed by atoms with Crippen molar-refractivity contribution in [3.05, 3.63) is 42.2 Å². The Morgan fingerprint density at radius 3 is 2.62 bits per heavy atom. The molecule has 0 bridgehead atoms. The van der Waals surface area contributed by atoms with Crippen LogP contribution in [0.15, 0.2) is 36.5 Å². The third-order valence-electron chi connectivity index (χ3n) is 2.58. The van der Waals surface area contributed by atoms with E-state index in [4.69, 9.17) is 5.73 Å². The van der Waals surface area contributed by atoms with Crippen LogP contribution in [-0.2, 0) is 7.05 Å². The monoisotopic (exact) mass is 299 g/mol. The highest BCUT2D eigenvalue weighted by atomic mass is 19.4. The van der Waals surface area contributed by atoms with Crippen LogP contribution in [0.4, 0.5) is 24.5 Å². The summed E-state index contributed by atoms with van der Waals surface area (Å²) in [5, 5.41) is 2.48. The first-order valence-corrected chi connectivity index (χ1v) is 5.83. The fraction of sp³-hybridized carbons (Fsp3) is 0.154. The molecule has 0 fully saturated rings. The lowest BCUT2D eigenvalue weighted by molar-refractivity contribution is -0.274. The second kappa shape index (κ2) is 5.39. The summed E-state index contributed by atoms with van der Waals surface area (Å²) >= 11 is 0. The Bertz CT molecular complexity index is 665. The van der Waals surface area contributed by atoms with E-state index in [1.165, 1.54) is 22.8 Å². The van der Waals surface area contributed by atoms with Gasteiger partial charge in [0.1, 0.15) is 11.4 Å². The van der Waals surface area contributed by atoms with Crippen LogP contribution >= 0.6 is 0 Å². The lowest BCUT2D eigenvalue weighted by Crippen LogP contribution is -2.18. The first kappa shape index (κ1) is 14.8. The molecule has 1 amide bonds. The maximum Gasteiger partial charge on any atom is 0.573 e. The molecule has 0 spiro atoms. The second-order valence-corrected chi connectivity index (χ2v) is 4.30. The molecule has 8 heteroatoms. The largest absolute Gasteiger partial charge is 0.573 e. The van der Waals surface area contributed by atoms with E-state index in [-0.39, 0.29) is 11.4 Å². The number of aryl methyl sites for hydroxylation is 1. The fourth-order valence-corrected chi connectivity index (χ4v) is 1.78. The van der Waals surface area contributed by atoms with Crippen LogP contribution in [0.5, 0.6) is 5.75 Å². The molecule has 5 nitrogen and oxygen atoms in total. The van der Waals surface area contributed by atoms with Gasteiger partial charge >= 0.3 is 6.36 Å². The average molecular weight is 299 g/mol. The van der Waals surface area contributed by atoms with E-state index in [1.807, 2.05) is 0 Å². The van der Waals surface area contributed by atoms with Crippen LogP contribution in [-0.4, -0.2) is 16.8 Å². The summed E-state index contributed by atoms with van der Waals surface area (Å²) in [6.07, 6.45) is -3.23. The number of nitrogens with zero attached hydrogens (tertiary/aromatic N) is 1. The Morgan fingerprint density at radius 2 is 2.05 bits per heavy atom. The van der Waals surface area contributed by atoms with Crippen molar-refractivity contribution in [2.24, 2.45) is 7.05 Å². The Balaban J connectivity index is 2.14. The fourth-order valence-electron chi connectivity index (χ4n) is 1.78. The van der Waals surface area contributed by atoms with E-state index in [9.17, 15) is 18.0 Å². The van der Waals surface area contributed by atoms with E-state index in [0.29, 0.717) is 5.69 Å². The zero-order valence-electron chi connectivity index (χ0n) is 10.9. The van der Waals surface area contributed by atoms with Crippen LogP contribution in [0.2, 0.25) is 0 Å². The molecule has 0 aliphatic heterocycles. The van der Waals surface area contributed by atoms with E-state index < -0.39 is 18.0 Å². The highest BCUT2D eigenvalue weighted by Gasteiger charge is 2.31. The number of aromatic nitrogens is 1. The predicted molar refractivity (Wildman–Crippen MR) is 70.9 cm³/mol. The number of rotatable bonds is 3. The lowest BCUT2D eigenvalue weighted by atomic mass is 10.3. The van der Waals surface area contributed by atoms with Gasteiger partial charge in [-0.2, -0.15) is 0 Å². The number of carbonyl (C=O) groups is 1. The number of carbonyl (C=O) groups excluding carboxylic acids is 1. The number of halogens is 3. The topological polar surface area (TPSA) is 69.3 Å². The van der Waals surface area contributed by atoms with Crippen LogP contribution in [0.3, 0.4) is 0 Å². The summed E-state index contributed by atoms with van der Waals surface area (Å²) in [6, 6.07) is 6.48. The van der Waals surface area contributed by atoms with Crippen molar-refractivity contribution in [1.29, 1.82) is 0 Å². The minimum Gasteiger partial charge on any atom is -0.406 e. The molecule has 21 heavy (non-hydrogen) atoms. The maximum atomic E-state index is 12.1. The zero-order valence-corrected chi connectivity index (χ0v) is 10.9. The van der Waals surface area contributed by atoms with Crippen molar-refractivity contribution in [3.63, 3.8) is 0 Å². The summed E-state index contributed by atoms with van der Waals surface area (Å²) in [4.78, 5) is 12.0. The SMILES string of the molecule is Cn1cc(N)cc1C(=O)Nc1cccc(OC(F)(F)F)c1. The van der Waals surface area contributed by atoms with Gasteiger partial charge in [0.05, 0.1) is 5.69 Å². The Morgan fingerprint density at radius 1 is 1.33 bits per heavy atom. The highest BCUT2D eigenvalue weighted by Crippen LogP contribution is 2.25. The normalized spacial score (nSPS) is 11.2. The number of nitrogens with two attached hydrogens (primary N) is 1. The molecule has 0 aliphatic carbocycles. The number of amides is 1. The van der Waals surface area contributed by atoms with E-state index in [1.54, 1.807) is 13.2 Å². The Labute approximate surface area is 118 Å². The van der Waals surface area contributed by atoms with Gasteiger partial charge in [-0.25, -0.2) is 0 Å². The number of hydrogen-bond donors (Lipinski definition) is 2. The minimum absolute atomic E-state index is 0.182. The summed E-state index contributed by atoms with van der Waals surface area (Å²) < 4.78 is 41.7. The number of hydrogen-bond acceptors (Lipinski definition) is 3. The molecule has 0 aliphatic rings. The second-order valence-electron chi connectivity index (χ2n) is 4.30. The molecule has 0 radical (unpaired) electrons. The third-order valence-corrected chi connectivity index (χ3v) is 2.58. The summed E-state index contributed by atoms with van der Waals surface area (Å²) in [7, 11) is 1.63. The molecule has 2 aromatic rings. The minimum atomic E-state index is -4.78. The first-order chi connectivity index (χ1) is 9.74. The standard InChI is InChI=1S/C13H12F3N3O2/c1-19-7-8(17)5-11(19)12(20)18-9-3-2-4-10(6-9)21-13(14,15)16/h2-7H,17H2,1H3,(H,18,20). The molecular weight excluding hydrogens is 287 g/mol. The van der Waals surface area contributed by atoms with E-state index in [2.05, 4.69) is 10.1 Å². The quantitative estimate of drug-likeness (QED) is 0.915. The van der Waals surface area contributed by atoms with Gasteiger partial charge in [0.25, 0.3) is 5.91 Å². The number of benzene rings is 1. The van der Waals surface area contributed by atoms with Gasteiger partial charge < -0.3 is 20.4 Å². The van der Waals surface area contributed by atoms with Gasteiger partial charge in [0.15, 0.2) is 0 Å². The van der Waals surface area contributed by atoms with Gasteiger partial charge in [-0.1, -0.05) is 6.07 Å². The van der Waals surface area contributed by atoms with Crippen molar-refractivity contribution in [2.75, 3.05) is 11.1 Å². The molecule has 0 atom stereocenters. The van der Waals surface area contributed by atoms with Crippen LogP contribution < -0.4 is 15.8 Å². The highest BCUT2D eigenvalue weighted by molar-refractivity contribution is 6.03. The number of anilines is 2. The zero-order chi connectivity index (χ0) is 15.6. The van der Waals surface area contributed by atoms with Crippen molar-refractivity contribution in [1.82, 2.24) is 4.57 Å². The summed E-state index contributed by atoms with van der Waals surface area (Å²) in [6.45, 7) is 0. The van der Waals surface area contributed by atoms with E-state index in [0.717, 1.165) is 12.1 Å². The summed E-state index contributed by atoms with van der Waals surface area (Å²) in [5.41, 5.74) is 6.44. The van der Waals surface area contributed by atoms with Gasteiger partial charge in [-0.3, -0.25) is 4.79 Å². The number of alkyl halides is 3. The van der Waals surface area contributed by atoms with Gasteiger partial charge in [-0.15, -0.1) is 13.2 Å². The predicted octanol–water partition coefficient (Wildman–Crippen LogP) is 2.76. The number of nitrogens with one attached hydrogen (secondary N) is 1. The molecule has 3 N–H and O–H groups in total. The Kier molecular flexibility index (Phi) is 3.79. The van der Waals surface area contributed by atoms with Crippen molar-refractivity contribution >= 4 is 17.3 Å².